The quantitative estimate of drug-likeness (QED) is 0.00683. The van der Waals surface area contributed by atoms with E-state index < -0.39 is 32.6 Å². The minimum atomic E-state index is -3.97. The molecule has 6 aromatic rings. The number of phenols is 1. The molecule has 2 fully saturated rings. The number of rotatable bonds is 42. The largest absolute Gasteiger partial charge is 0.748 e. The number of carbonyl (C=O) groups is 2. The van der Waals surface area contributed by atoms with E-state index in [0.29, 0.717) is 59.9 Å². The van der Waals surface area contributed by atoms with Crippen molar-refractivity contribution in [2.75, 3.05) is 178 Å². The zero-order valence-corrected chi connectivity index (χ0v) is 83.7. The molecule has 0 atom stereocenters. The Kier molecular flexibility index (Phi) is 60.7. The number of methoxy groups -OCH3 is 11. The number of ether oxygens (including phenoxy) is 11. The standard InChI is InChI=1S/C19H17S.C16H16N2O3S2.C15H30N6O6.C14H22O3.C12H22N4O6.C8H18O3S.C2H6.2CH3.W/c1-16-12-14-19(15-13-16)20(17-8-4-2-5-9-17)18-10-6-3-7-11-18;1-3-10-23(19,20)21-18-16-14(8-9-22-16)15(11-17)13-7-5-4-6-12(13)2;1-22-7-19(8-23-2)13-16-14(20(9-24-3)10-25-4)18-15(17-13)21(11-26-5)12-27-6;1-14(2,3)12-7-10(5-6-15)13(16)11(8-12)9-17-4;1-19-5-13-9-10(15(7-21-3)11(13)17)16(8-22-4)12(18)14(9)6-20-2;1-2-3-4-5-6-7-8-12(9,10)11;1-2;;;/h2-15H,1H3;4-9H,3,10H2,1-2H3;7-12H2,1-6H3;7-8,15-16H,5-6,9H2,1-4H3;9-10H,5-8H2,1-4H3;2-8H2,1H3,(H,9,10,11);1-2H3;2*1H3;/q+1;;;;;;;2*-1;/p-1/b;15-14+,18-16-;;;;;;;;. The summed E-state index contributed by atoms with van der Waals surface area (Å²) in [7, 11) is 9.38. The van der Waals surface area contributed by atoms with Crippen LogP contribution in [-0.2, 0) is 127 Å². The van der Waals surface area contributed by atoms with E-state index in [1.165, 1.54) is 92.9 Å². The van der Waals surface area contributed by atoms with Crippen molar-refractivity contribution in [1.29, 1.82) is 5.26 Å². The number of oxime groups is 1. The fraction of sp³-hybridized carbons (Fsp3) is 0.511. The van der Waals surface area contributed by atoms with Crippen LogP contribution in [0.4, 0.5) is 27.4 Å². The summed E-state index contributed by atoms with van der Waals surface area (Å²) in [5.74, 6) is 1.06. The second-order valence-corrected chi connectivity index (χ2v) is 34.4. The van der Waals surface area contributed by atoms with Crippen molar-refractivity contribution >= 4 is 83.4 Å². The number of thioether (sulfide) groups is 1. The van der Waals surface area contributed by atoms with Gasteiger partial charge in [-0.2, -0.15) is 28.6 Å². The predicted molar refractivity (Wildman–Crippen MR) is 491 cm³/mol. The van der Waals surface area contributed by atoms with E-state index in [1.54, 1.807) is 82.9 Å². The molecule has 0 aliphatic carbocycles. The summed E-state index contributed by atoms with van der Waals surface area (Å²) in [5.41, 5.74) is 6.79. The molecule has 3 aliphatic rings. The van der Waals surface area contributed by atoms with Gasteiger partial charge >= 0.3 is 22.2 Å². The number of aromatic nitrogens is 3. The summed E-state index contributed by atoms with van der Waals surface area (Å²) in [5, 5.41) is 34.4. The van der Waals surface area contributed by atoms with Gasteiger partial charge in [0.25, 0.3) is 0 Å². The van der Waals surface area contributed by atoms with Crippen LogP contribution in [0.2, 0.25) is 0 Å². The number of amides is 4. The molecule has 33 nitrogen and oxygen atoms in total. The number of allylic oxidation sites excluding steroid dienone is 2. The van der Waals surface area contributed by atoms with Crippen molar-refractivity contribution in [3.05, 3.63) is 187 Å². The zero-order chi connectivity index (χ0) is 91.5. The number of hydrogen-bond acceptors (Lipinski definition) is 30. The average Bonchev–Trinajstić information content (AvgIpc) is 1.57. The molecule has 0 unspecified atom stereocenters. The molecule has 2 saturated heterocycles. The first-order chi connectivity index (χ1) is 59.0. The number of phenolic OH excluding ortho intramolecular Hbond substituents is 1. The van der Waals surface area contributed by atoms with Crippen LogP contribution in [0.25, 0.3) is 5.57 Å². The number of aliphatic hydroxyl groups excluding tert-OH is 1. The van der Waals surface area contributed by atoms with Crippen LogP contribution >= 0.6 is 11.8 Å². The third-order valence-corrected chi connectivity index (χ3v) is 22.7. The zero-order valence-electron chi connectivity index (χ0n) is 77.5. The molecule has 0 saturated carbocycles. The van der Waals surface area contributed by atoms with Crippen LogP contribution in [0.3, 0.4) is 0 Å². The number of fused-ring (bicyclic) bond motifs is 1. The Morgan fingerprint density at radius 2 is 0.960 bits per heavy atom. The second kappa shape index (κ2) is 64.7. The maximum atomic E-state index is 12.6. The normalized spacial score (nSPS) is 14.4. The SMILES string of the molecule is CC.CCCCCCCCS(=O)(=O)[O-].CCCS(=O)(=O)O/N=C1\SC=C\C1=C(\C#N)c1ccccc1C.COCN(COC)c1nc(N(COC)COC)nc(N(COC)COC)n1.COCN1C(=O)N(COC)C2C1N(COC)C(=O)N2COC.COCc1cc(C(C)(C)C)cc(CCO)c1O.Cc1ccc([S+](c2ccccc2)c2ccccc2)cc1.[CH3-].[CH3-].[W]. The molecule has 0 spiro atoms. The number of nitrogens with zero attached hydrogens (tertiary/aromatic N) is 12. The Hall–Kier alpha value is -7.94. The number of aliphatic hydroxyl groups is 1. The van der Waals surface area contributed by atoms with Gasteiger partial charge in [-0.05, 0) is 115 Å². The van der Waals surface area contributed by atoms with Crippen molar-refractivity contribution in [3.8, 4) is 11.8 Å². The molecule has 2 N–H and O–H groups in total. The van der Waals surface area contributed by atoms with Crippen molar-refractivity contribution < 1.29 is 119 Å². The van der Waals surface area contributed by atoms with Crippen LogP contribution in [0.15, 0.2) is 158 Å². The number of unbranched alkanes of at least 4 members (excludes halogenated alkanes) is 5. The van der Waals surface area contributed by atoms with E-state index in [-0.39, 0.29) is 155 Å². The first-order valence-corrected chi connectivity index (χ1v) is 45.2. The number of carbonyl (C=O) groups excluding carboxylic acids is 2. The number of nitriles is 1. The second-order valence-electron chi connectivity index (χ2n) is 28.2. The Balaban J connectivity index is 0.00000149. The third-order valence-electron chi connectivity index (χ3n) is 17.7. The molecule has 0 radical (unpaired) electrons. The van der Waals surface area contributed by atoms with E-state index in [4.69, 9.17) is 61.5 Å². The maximum absolute atomic E-state index is 12.6. The number of anilines is 3. The summed E-state index contributed by atoms with van der Waals surface area (Å²) >= 11 is 1.22. The van der Waals surface area contributed by atoms with Gasteiger partial charge < -0.3 is 81.7 Å². The number of aromatic hydroxyl groups is 1. The van der Waals surface area contributed by atoms with E-state index in [1.807, 2.05) is 57.2 Å². The maximum Gasteiger partial charge on any atom is 0.328 e. The fourth-order valence-electron chi connectivity index (χ4n) is 12.1. The Bertz CT molecular complexity index is 4170. The van der Waals surface area contributed by atoms with Gasteiger partial charge in [-0.15, -0.1) is 0 Å². The molecule has 126 heavy (non-hydrogen) atoms. The van der Waals surface area contributed by atoms with E-state index in [2.05, 4.69) is 146 Å². The van der Waals surface area contributed by atoms with Crippen LogP contribution < -0.4 is 14.7 Å². The molecule has 4 heterocycles. The van der Waals surface area contributed by atoms with Crippen molar-refractivity contribution in [2.45, 2.75) is 153 Å². The van der Waals surface area contributed by atoms with Crippen LogP contribution in [0, 0.1) is 40.0 Å². The molecule has 3 aliphatic heterocycles. The average molecular weight is 2010 g/mol. The summed E-state index contributed by atoms with van der Waals surface area (Å²) in [6.07, 6.45) is 7.57. The summed E-state index contributed by atoms with van der Waals surface area (Å²) in [6, 6.07) is 43.5. The van der Waals surface area contributed by atoms with Gasteiger partial charge in [-0.1, -0.05) is 182 Å². The Morgan fingerprint density at radius 3 is 1.33 bits per heavy atom. The topological polar surface area (TPSA) is 374 Å². The number of benzene rings is 5. The summed E-state index contributed by atoms with van der Waals surface area (Å²) in [6.45, 7) is 20.4. The molecule has 4 amide bonds. The first kappa shape index (κ1) is 118. The van der Waals surface area contributed by atoms with Crippen molar-refractivity contribution in [3.63, 3.8) is 0 Å². The van der Waals surface area contributed by atoms with Gasteiger partial charge in [0.2, 0.25) is 17.8 Å². The van der Waals surface area contributed by atoms with Gasteiger partial charge in [0.15, 0.2) is 27.0 Å². The molecule has 38 heteroatoms. The molecule has 0 bridgehead atoms. The van der Waals surface area contributed by atoms with Crippen LogP contribution in [0.5, 0.6) is 5.75 Å². The van der Waals surface area contributed by atoms with Gasteiger partial charge in [0.05, 0.1) is 38.9 Å². The third kappa shape index (κ3) is 39.2. The Morgan fingerprint density at radius 1 is 0.563 bits per heavy atom. The molecule has 1 aromatic heterocycles. The fourth-order valence-corrected chi connectivity index (χ4v) is 16.3. The van der Waals surface area contributed by atoms with Crippen LogP contribution in [-0.4, -0.2) is 259 Å². The van der Waals surface area contributed by atoms with Gasteiger partial charge in [-0.25, -0.2) is 18.0 Å². The van der Waals surface area contributed by atoms with E-state index in [0.717, 1.165) is 47.1 Å². The minimum Gasteiger partial charge on any atom is -0.748 e. The minimum absolute atomic E-state index is 0. The monoisotopic (exact) mass is 2010 g/mol. The smallest absolute Gasteiger partial charge is 0.328 e. The molecule has 706 valence electrons. The number of aryl methyl sites for hydroxylation is 2. The predicted octanol–water partition coefficient (Wildman–Crippen LogP) is 14.3. The Labute approximate surface area is 771 Å². The van der Waals surface area contributed by atoms with Gasteiger partial charge in [-0.3, -0.25) is 38.6 Å². The molecule has 9 rings (SSSR count). The summed E-state index contributed by atoms with van der Waals surface area (Å²) < 4.78 is 115. The van der Waals surface area contributed by atoms with Gasteiger partial charge in [0.1, 0.15) is 84.2 Å². The van der Waals surface area contributed by atoms with E-state index in [9.17, 15) is 41.3 Å². The van der Waals surface area contributed by atoms with Crippen molar-refractivity contribution in [1.82, 2.24) is 34.6 Å². The molecular weight excluding hydrogens is 1870 g/mol. The molecule has 5 aromatic carbocycles. The number of urea groups is 2. The molecular formula is C88H136N12O21S4W-2. The van der Waals surface area contributed by atoms with E-state index >= 15 is 0 Å². The summed E-state index contributed by atoms with van der Waals surface area (Å²) in [4.78, 5) is 53.7. The number of hydrogen-bond donors (Lipinski definition) is 2. The van der Waals surface area contributed by atoms with Crippen LogP contribution in [0.1, 0.15) is 127 Å². The van der Waals surface area contributed by atoms with Gasteiger partial charge in [0, 0.05) is 123 Å². The van der Waals surface area contributed by atoms with Crippen molar-refractivity contribution in [2.24, 2.45) is 5.16 Å². The first-order valence-electron chi connectivity index (χ1n) is 39.9.